The maximum atomic E-state index is 11.5. The summed E-state index contributed by atoms with van der Waals surface area (Å²) in [4.78, 5) is 20.0. The number of rotatable bonds is 6. The molecule has 0 aliphatic rings. The summed E-state index contributed by atoms with van der Waals surface area (Å²) in [6.45, 7) is 2.08. The standard InChI is InChI=1S/C20H20N4O2/c1-14(15-6-4-3-5-7-15)23-18-12-19(22-13-21-18)24-17-10-8-16(9-11-17)20(25)26-2/h3-14H,1-2H3,(H2,21,22,23,24). The summed E-state index contributed by atoms with van der Waals surface area (Å²) in [6, 6.07) is 19.1. The normalized spacial score (nSPS) is 11.5. The Morgan fingerprint density at radius 1 is 1.00 bits per heavy atom. The molecule has 0 bridgehead atoms. The Labute approximate surface area is 152 Å². The highest BCUT2D eigenvalue weighted by atomic mass is 16.5. The third kappa shape index (κ3) is 4.36. The molecule has 0 spiro atoms. The van der Waals surface area contributed by atoms with E-state index in [0.717, 1.165) is 11.5 Å². The third-order valence-corrected chi connectivity index (χ3v) is 3.91. The van der Waals surface area contributed by atoms with Crippen molar-refractivity contribution < 1.29 is 9.53 Å². The van der Waals surface area contributed by atoms with Crippen LogP contribution in [0.4, 0.5) is 17.3 Å². The highest BCUT2D eigenvalue weighted by Crippen LogP contribution is 2.21. The van der Waals surface area contributed by atoms with Crippen molar-refractivity contribution in [3.8, 4) is 0 Å². The second kappa shape index (κ2) is 8.11. The Morgan fingerprint density at radius 2 is 1.69 bits per heavy atom. The smallest absolute Gasteiger partial charge is 0.337 e. The molecule has 6 nitrogen and oxygen atoms in total. The average molecular weight is 348 g/mol. The molecule has 1 aromatic heterocycles. The second-order valence-corrected chi connectivity index (χ2v) is 5.76. The molecule has 0 aliphatic carbocycles. The number of ether oxygens (including phenoxy) is 1. The number of aromatic nitrogens is 2. The zero-order chi connectivity index (χ0) is 18.4. The van der Waals surface area contributed by atoms with Gasteiger partial charge in [0.1, 0.15) is 18.0 Å². The van der Waals surface area contributed by atoms with E-state index in [9.17, 15) is 4.79 Å². The first-order chi connectivity index (χ1) is 12.7. The fourth-order valence-electron chi connectivity index (χ4n) is 2.51. The average Bonchev–Trinajstić information content (AvgIpc) is 2.69. The lowest BCUT2D eigenvalue weighted by atomic mass is 10.1. The van der Waals surface area contributed by atoms with E-state index in [1.165, 1.54) is 19.0 Å². The molecule has 6 heteroatoms. The molecule has 26 heavy (non-hydrogen) atoms. The summed E-state index contributed by atoms with van der Waals surface area (Å²) in [7, 11) is 1.36. The first-order valence-electron chi connectivity index (χ1n) is 8.24. The Hall–Kier alpha value is -3.41. The van der Waals surface area contributed by atoms with Crippen LogP contribution in [-0.2, 0) is 4.74 Å². The van der Waals surface area contributed by atoms with Crippen LogP contribution >= 0.6 is 0 Å². The van der Waals surface area contributed by atoms with Gasteiger partial charge in [-0.15, -0.1) is 0 Å². The molecule has 0 saturated carbocycles. The highest BCUT2D eigenvalue weighted by molar-refractivity contribution is 5.89. The number of hydrogen-bond donors (Lipinski definition) is 2. The molecule has 0 radical (unpaired) electrons. The first-order valence-corrected chi connectivity index (χ1v) is 8.24. The number of hydrogen-bond acceptors (Lipinski definition) is 6. The molecule has 1 atom stereocenters. The first kappa shape index (κ1) is 17.4. The lowest BCUT2D eigenvalue weighted by molar-refractivity contribution is 0.0601. The number of anilines is 3. The Kier molecular flexibility index (Phi) is 5.43. The summed E-state index contributed by atoms with van der Waals surface area (Å²) in [5.74, 6) is 1.03. The van der Waals surface area contributed by atoms with Gasteiger partial charge in [-0.25, -0.2) is 14.8 Å². The van der Waals surface area contributed by atoms with Crippen LogP contribution in [0, 0.1) is 0 Å². The van der Waals surface area contributed by atoms with Crippen LogP contribution in [-0.4, -0.2) is 23.0 Å². The summed E-state index contributed by atoms with van der Waals surface area (Å²) in [5, 5.41) is 6.56. The van der Waals surface area contributed by atoms with E-state index >= 15 is 0 Å². The quantitative estimate of drug-likeness (QED) is 0.651. The molecule has 0 amide bonds. The van der Waals surface area contributed by atoms with Crippen LogP contribution in [0.3, 0.4) is 0 Å². The van der Waals surface area contributed by atoms with Crippen molar-refractivity contribution in [1.82, 2.24) is 9.97 Å². The number of methoxy groups -OCH3 is 1. The van der Waals surface area contributed by atoms with E-state index in [1.54, 1.807) is 24.3 Å². The maximum Gasteiger partial charge on any atom is 0.337 e. The minimum atomic E-state index is -0.361. The monoisotopic (exact) mass is 348 g/mol. The van der Waals surface area contributed by atoms with Crippen molar-refractivity contribution in [3.05, 3.63) is 78.1 Å². The van der Waals surface area contributed by atoms with Crippen molar-refractivity contribution in [2.75, 3.05) is 17.7 Å². The molecule has 2 aromatic carbocycles. The molecular formula is C20H20N4O2. The molecular weight excluding hydrogens is 328 g/mol. The van der Waals surface area contributed by atoms with Gasteiger partial charge >= 0.3 is 5.97 Å². The number of nitrogens with one attached hydrogen (secondary N) is 2. The maximum absolute atomic E-state index is 11.5. The highest BCUT2D eigenvalue weighted by Gasteiger charge is 2.07. The Morgan fingerprint density at radius 3 is 2.38 bits per heavy atom. The molecule has 3 aromatic rings. The zero-order valence-corrected chi connectivity index (χ0v) is 14.6. The number of carbonyl (C=O) groups is 1. The van der Waals surface area contributed by atoms with E-state index in [0.29, 0.717) is 11.4 Å². The van der Waals surface area contributed by atoms with Gasteiger partial charge in [-0.2, -0.15) is 0 Å². The molecule has 2 N–H and O–H groups in total. The van der Waals surface area contributed by atoms with E-state index in [4.69, 9.17) is 4.74 Å². The van der Waals surface area contributed by atoms with Gasteiger partial charge < -0.3 is 15.4 Å². The third-order valence-electron chi connectivity index (χ3n) is 3.91. The Bertz CT molecular complexity index is 866. The van der Waals surface area contributed by atoms with E-state index in [-0.39, 0.29) is 12.0 Å². The number of nitrogens with zero attached hydrogens (tertiary/aromatic N) is 2. The van der Waals surface area contributed by atoms with Gasteiger partial charge in [-0.1, -0.05) is 30.3 Å². The van der Waals surface area contributed by atoms with E-state index in [2.05, 4.69) is 39.7 Å². The van der Waals surface area contributed by atoms with Gasteiger partial charge in [0.2, 0.25) is 0 Å². The lowest BCUT2D eigenvalue weighted by Crippen LogP contribution is -2.08. The van der Waals surface area contributed by atoms with Crippen molar-refractivity contribution in [2.45, 2.75) is 13.0 Å². The van der Waals surface area contributed by atoms with Gasteiger partial charge in [0.25, 0.3) is 0 Å². The van der Waals surface area contributed by atoms with Crippen LogP contribution in [0.2, 0.25) is 0 Å². The Balaban J connectivity index is 1.68. The zero-order valence-electron chi connectivity index (χ0n) is 14.6. The lowest BCUT2D eigenvalue weighted by Gasteiger charge is -2.15. The number of carbonyl (C=O) groups excluding carboxylic acids is 1. The molecule has 0 fully saturated rings. The van der Waals surface area contributed by atoms with Crippen LogP contribution in [0.15, 0.2) is 67.0 Å². The van der Waals surface area contributed by atoms with Gasteiger partial charge in [-0.05, 0) is 36.8 Å². The van der Waals surface area contributed by atoms with Crippen molar-refractivity contribution in [2.24, 2.45) is 0 Å². The fraction of sp³-hybridized carbons (Fsp3) is 0.150. The summed E-state index contributed by atoms with van der Waals surface area (Å²) in [5.41, 5.74) is 2.50. The van der Waals surface area contributed by atoms with Gasteiger partial charge in [0.15, 0.2) is 0 Å². The van der Waals surface area contributed by atoms with Crippen molar-refractivity contribution in [1.29, 1.82) is 0 Å². The van der Waals surface area contributed by atoms with Crippen molar-refractivity contribution >= 4 is 23.3 Å². The largest absolute Gasteiger partial charge is 0.465 e. The van der Waals surface area contributed by atoms with Crippen LogP contribution < -0.4 is 10.6 Å². The topological polar surface area (TPSA) is 76.1 Å². The van der Waals surface area contributed by atoms with Crippen molar-refractivity contribution in [3.63, 3.8) is 0 Å². The fourth-order valence-corrected chi connectivity index (χ4v) is 2.51. The SMILES string of the molecule is COC(=O)c1ccc(Nc2cc(NC(C)c3ccccc3)ncn2)cc1. The van der Waals surface area contributed by atoms with Gasteiger partial charge in [0.05, 0.1) is 12.7 Å². The molecule has 3 rings (SSSR count). The van der Waals surface area contributed by atoms with E-state index in [1.807, 2.05) is 24.3 Å². The van der Waals surface area contributed by atoms with Gasteiger partial charge in [-0.3, -0.25) is 0 Å². The number of esters is 1. The minimum absolute atomic E-state index is 0.123. The van der Waals surface area contributed by atoms with Crippen LogP contribution in [0.1, 0.15) is 28.9 Å². The van der Waals surface area contributed by atoms with E-state index < -0.39 is 0 Å². The number of benzene rings is 2. The van der Waals surface area contributed by atoms with Crippen LogP contribution in [0.5, 0.6) is 0 Å². The molecule has 132 valence electrons. The predicted molar refractivity (Wildman–Crippen MR) is 102 cm³/mol. The molecule has 0 aliphatic heterocycles. The molecule has 1 unspecified atom stereocenters. The van der Waals surface area contributed by atoms with Crippen LogP contribution in [0.25, 0.3) is 0 Å². The molecule has 0 saturated heterocycles. The predicted octanol–water partition coefficient (Wildman–Crippen LogP) is 4.18. The summed E-state index contributed by atoms with van der Waals surface area (Å²) in [6.07, 6.45) is 1.51. The molecule has 1 heterocycles. The summed E-state index contributed by atoms with van der Waals surface area (Å²) < 4.78 is 4.70. The summed E-state index contributed by atoms with van der Waals surface area (Å²) >= 11 is 0. The van der Waals surface area contributed by atoms with Gasteiger partial charge in [0, 0.05) is 17.8 Å². The minimum Gasteiger partial charge on any atom is -0.465 e. The second-order valence-electron chi connectivity index (χ2n) is 5.76.